The Morgan fingerprint density at radius 2 is 1.78 bits per heavy atom. The molecule has 3 aliphatic carbocycles. The molecule has 2 bridgehead atoms. The molecule has 2 aromatic carbocycles. The van der Waals surface area contributed by atoms with Crippen LogP contribution < -0.4 is 5.32 Å². The lowest BCUT2D eigenvalue weighted by Crippen LogP contribution is -2.33. The van der Waals surface area contributed by atoms with Crippen LogP contribution in [-0.2, 0) is 4.79 Å². The smallest absolute Gasteiger partial charge is 0.162 e. The third-order valence-electron chi connectivity index (χ3n) is 9.78. The minimum absolute atomic E-state index is 0.00928. The number of benzene rings is 2. The summed E-state index contributed by atoms with van der Waals surface area (Å²) in [6.07, 6.45) is 7.92. The monoisotopic (exact) mass is 425 g/mol. The van der Waals surface area contributed by atoms with Gasteiger partial charge in [0, 0.05) is 29.3 Å². The minimum Gasteiger partial charge on any atom is -0.358 e. The molecule has 4 aliphatic rings. The Morgan fingerprint density at radius 3 is 2.50 bits per heavy atom. The molecule has 0 radical (unpaired) electrons. The van der Waals surface area contributed by atoms with Crippen molar-refractivity contribution in [2.75, 3.05) is 5.32 Å². The van der Waals surface area contributed by atoms with E-state index in [0.29, 0.717) is 17.6 Å². The zero-order chi connectivity index (χ0) is 22.5. The van der Waals surface area contributed by atoms with Crippen LogP contribution in [0.5, 0.6) is 0 Å². The second-order valence-corrected chi connectivity index (χ2v) is 12.4. The summed E-state index contributed by atoms with van der Waals surface area (Å²) in [5.74, 6) is 1.15. The molecular formula is C30H35NO. The molecule has 3 atom stereocenters. The maximum atomic E-state index is 13.6. The number of rotatable bonds is 1. The zero-order valence-electron chi connectivity index (χ0n) is 20.1. The Bertz CT molecular complexity index is 1230. The molecule has 2 unspecified atom stereocenters. The van der Waals surface area contributed by atoms with Gasteiger partial charge in [-0.25, -0.2) is 0 Å². The number of carbonyl (C=O) groups excluding carboxylic acids is 1. The number of hydrogen-bond acceptors (Lipinski definition) is 2. The van der Waals surface area contributed by atoms with Crippen LogP contribution >= 0.6 is 0 Å². The highest BCUT2D eigenvalue weighted by Crippen LogP contribution is 2.68. The van der Waals surface area contributed by atoms with Crippen LogP contribution in [0.15, 0.2) is 59.3 Å². The van der Waals surface area contributed by atoms with E-state index in [2.05, 4.69) is 82.4 Å². The molecule has 0 aromatic heterocycles. The predicted molar refractivity (Wildman–Crippen MR) is 133 cm³/mol. The van der Waals surface area contributed by atoms with Crippen molar-refractivity contribution in [2.24, 2.45) is 22.2 Å². The first kappa shape index (κ1) is 20.3. The molecule has 0 amide bonds. The summed E-state index contributed by atoms with van der Waals surface area (Å²) in [4.78, 5) is 13.6. The fraction of sp³-hybridized carbons (Fsp3) is 0.500. The number of anilines is 1. The molecule has 6 rings (SSSR count). The zero-order valence-corrected chi connectivity index (χ0v) is 20.1. The molecule has 2 nitrogen and oxygen atoms in total. The van der Waals surface area contributed by atoms with Crippen molar-refractivity contribution >= 4 is 22.2 Å². The third kappa shape index (κ3) is 2.62. The van der Waals surface area contributed by atoms with Gasteiger partial charge in [-0.3, -0.25) is 4.79 Å². The standard InChI is InChI=1S/C30H35NO/c1-28(2)16-24-27(25(32)17-28)22(15-20-14-19-12-13-30(20,5)29(19,3)4)26-21-9-7-6-8-18(21)10-11-23(26)31-24/h6-11,15,19,22,31H,12-14,16-17H2,1-5H3/t19?,22-,30?/m1/s1. The number of nitrogens with one attached hydrogen (secondary N) is 1. The van der Waals surface area contributed by atoms with Crippen LogP contribution in [-0.4, -0.2) is 5.78 Å². The van der Waals surface area contributed by atoms with E-state index in [-0.39, 0.29) is 16.7 Å². The van der Waals surface area contributed by atoms with Gasteiger partial charge in [-0.2, -0.15) is 0 Å². The van der Waals surface area contributed by atoms with Crippen molar-refractivity contribution in [3.8, 4) is 0 Å². The van der Waals surface area contributed by atoms with E-state index in [1.54, 1.807) is 5.57 Å². The lowest BCUT2D eigenvalue weighted by molar-refractivity contribution is -0.118. The van der Waals surface area contributed by atoms with Gasteiger partial charge in [0.1, 0.15) is 0 Å². The summed E-state index contributed by atoms with van der Waals surface area (Å²) in [5.41, 5.74) is 6.85. The average molecular weight is 426 g/mol. The molecule has 2 saturated carbocycles. The van der Waals surface area contributed by atoms with E-state index in [0.717, 1.165) is 23.6 Å². The highest BCUT2D eigenvalue weighted by molar-refractivity contribution is 6.04. The third-order valence-corrected chi connectivity index (χ3v) is 9.78. The SMILES string of the molecule is CC1(C)CC(=O)C2=C(C1)Nc1ccc3ccccc3c1[C@H]2C=C1CC2CCC1(C)C2(C)C. The van der Waals surface area contributed by atoms with Gasteiger partial charge in [0.05, 0.1) is 0 Å². The fourth-order valence-electron chi connectivity index (χ4n) is 7.49. The van der Waals surface area contributed by atoms with Gasteiger partial charge in [0.2, 0.25) is 0 Å². The topological polar surface area (TPSA) is 29.1 Å². The van der Waals surface area contributed by atoms with E-state index in [4.69, 9.17) is 0 Å². The molecular weight excluding hydrogens is 390 g/mol. The van der Waals surface area contributed by atoms with Gasteiger partial charge in [-0.1, -0.05) is 76.6 Å². The number of hydrogen-bond donors (Lipinski definition) is 1. The first-order valence-corrected chi connectivity index (χ1v) is 12.4. The molecule has 2 heteroatoms. The summed E-state index contributed by atoms with van der Waals surface area (Å²) in [5, 5.41) is 6.25. The minimum atomic E-state index is 0.00928. The van der Waals surface area contributed by atoms with Crippen molar-refractivity contribution in [1.29, 1.82) is 0 Å². The Kier molecular flexibility index (Phi) is 4.03. The first-order chi connectivity index (χ1) is 15.1. The first-order valence-electron chi connectivity index (χ1n) is 12.4. The molecule has 32 heavy (non-hydrogen) atoms. The summed E-state index contributed by atoms with van der Waals surface area (Å²) in [6, 6.07) is 13.1. The van der Waals surface area contributed by atoms with E-state index >= 15 is 0 Å². The molecule has 0 spiro atoms. The van der Waals surface area contributed by atoms with Crippen molar-refractivity contribution in [2.45, 2.75) is 72.6 Å². The van der Waals surface area contributed by atoms with E-state index in [1.807, 2.05) is 0 Å². The van der Waals surface area contributed by atoms with Crippen LogP contribution in [0.1, 0.15) is 78.2 Å². The second kappa shape index (κ2) is 6.37. The van der Waals surface area contributed by atoms with Crippen LogP contribution in [0, 0.1) is 22.2 Å². The number of Topliss-reactive ketones (excluding diaryl/α,β-unsaturated/α-hetero) is 1. The van der Waals surface area contributed by atoms with Crippen molar-refractivity contribution in [3.05, 3.63) is 64.9 Å². The number of allylic oxidation sites excluding steroid dienone is 4. The van der Waals surface area contributed by atoms with Crippen LogP contribution in [0.4, 0.5) is 5.69 Å². The largest absolute Gasteiger partial charge is 0.358 e. The molecule has 0 saturated heterocycles. The molecule has 166 valence electrons. The summed E-state index contributed by atoms with van der Waals surface area (Å²) in [6.45, 7) is 11.9. The van der Waals surface area contributed by atoms with Gasteiger partial charge in [-0.15, -0.1) is 0 Å². The van der Waals surface area contributed by atoms with Crippen LogP contribution in [0.2, 0.25) is 0 Å². The van der Waals surface area contributed by atoms with Crippen molar-refractivity contribution < 1.29 is 4.79 Å². The summed E-state index contributed by atoms with van der Waals surface area (Å²) in [7, 11) is 0. The molecule has 1 aliphatic heterocycles. The Labute approximate surface area is 192 Å². The van der Waals surface area contributed by atoms with Gasteiger partial charge in [0.15, 0.2) is 5.78 Å². The van der Waals surface area contributed by atoms with Gasteiger partial charge >= 0.3 is 0 Å². The van der Waals surface area contributed by atoms with E-state index < -0.39 is 0 Å². The maximum Gasteiger partial charge on any atom is 0.162 e. The number of fused-ring (bicyclic) bond motifs is 5. The summed E-state index contributed by atoms with van der Waals surface area (Å²) < 4.78 is 0. The highest BCUT2D eigenvalue weighted by atomic mass is 16.1. The fourth-order valence-corrected chi connectivity index (χ4v) is 7.49. The number of ketones is 1. The predicted octanol–water partition coefficient (Wildman–Crippen LogP) is 7.76. The van der Waals surface area contributed by atoms with Crippen LogP contribution in [0.3, 0.4) is 0 Å². The van der Waals surface area contributed by atoms with E-state index in [1.165, 1.54) is 41.3 Å². The lowest BCUT2D eigenvalue weighted by Gasteiger charge is -2.40. The quantitative estimate of drug-likeness (QED) is 0.473. The highest BCUT2D eigenvalue weighted by Gasteiger charge is 2.58. The number of carbonyl (C=O) groups is 1. The Hall–Kier alpha value is -2.35. The summed E-state index contributed by atoms with van der Waals surface area (Å²) >= 11 is 0. The molecule has 2 aromatic rings. The normalized spacial score (nSPS) is 33.4. The van der Waals surface area contributed by atoms with Gasteiger partial charge < -0.3 is 5.32 Å². The molecule has 1 heterocycles. The lowest BCUT2D eigenvalue weighted by atomic mass is 9.66. The Balaban J connectivity index is 1.59. The van der Waals surface area contributed by atoms with Crippen molar-refractivity contribution in [3.63, 3.8) is 0 Å². The molecule has 2 fully saturated rings. The van der Waals surface area contributed by atoms with Gasteiger partial charge in [-0.05, 0) is 70.2 Å². The van der Waals surface area contributed by atoms with E-state index in [9.17, 15) is 4.79 Å². The van der Waals surface area contributed by atoms with Gasteiger partial charge in [0.25, 0.3) is 0 Å². The van der Waals surface area contributed by atoms with Crippen LogP contribution in [0.25, 0.3) is 10.8 Å². The second-order valence-electron chi connectivity index (χ2n) is 12.4. The maximum absolute atomic E-state index is 13.6. The molecule has 1 N–H and O–H groups in total. The average Bonchev–Trinajstić information content (AvgIpc) is 3.05. The van der Waals surface area contributed by atoms with Crippen molar-refractivity contribution in [1.82, 2.24) is 0 Å². The Morgan fingerprint density at radius 1 is 1.00 bits per heavy atom.